The maximum Gasteiger partial charge on any atom is 0.00160 e. The highest BCUT2D eigenvalue weighted by Crippen LogP contribution is 2.07. The lowest BCUT2D eigenvalue weighted by atomic mass is 10.2. The molecule has 0 aromatic rings. The van der Waals surface area contributed by atoms with Crippen molar-refractivity contribution in [3.05, 3.63) is 11.6 Å². The first-order valence-corrected chi connectivity index (χ1v) is 4.65. The Balaban J connectivity index is 2.07. The van der Waals surface area contributed by atoms with Crippen LogP contribution < -0.4 is 0 Å². The number of rotatable bonds is 3. The van der Waals surface area contributed by atoms with Gasteiger partial charge >= 0.3 is 0 Å². The summed E-state index contributed by atoms with van der Waals surface area (Å²) in [6.07, 6.45) is 6.39. The van der Waals surface area contributed by atoms with Crippen LogP contribution in [0.5, 0.6) is 0 Å². The van der Waals surface area contributed by atoms with Crippen molar-refractivity contribution in [3.8, 4) is 0 Å². The normalized spacial score (nSPS) is 18.7. The van der Waals surface area contributed by atoms with Crippen molar-refractivity contribution in [2.24, 2.45) is 0 Å². The molecule has 1 fully saturated rings. The average Bonchev–Trinajstić information content (AvgIpc) is 2.39. The van der Waals surface area contributed by atoms with Gasteiger partial charge in [-0.2, -0.15) is 0 Å². The lowest BCUT2D eigenvalue weighted by Gasteiger charge is -2.12. The molecule has 1 saturated heterocycles. The first kappa shape index (κ1) is 8.79. The fourth-order valence-electron chi connectivity index (χ4n) is 1.54. The Bertz CT molecular complexity index is 128. The molecule has 0 N–H and O–H groups in total. The predicted molar refractivity (Wildman–Crippen MR) is 49.7 cm³/mol. The minimum Gasteiger partial charge on any atom is -0.303 e. The van der Waals surface area contributed by atoms with Crippen molar-refractivity contribution in [2.75, 3.05) is 19.6 Å². The third-order valence-electron chi connectivity index (χ3n) is 2.20. The number of likely N-dealkylation sites (tertiary alicyclic amines) is 1. The quantitative estimate of drug-likeness (QED) is 0.563. The van der Waals surface area contributed by atoms with Gasteiger partial charge in [-0.25, -0.2) is 0 Å². The maximum absolute atomic E-state index is 2.56. The zero-order chi connectivity index (χ0) is 8.10. The van der Waals surface area contributed by atoms with Crippen LogP contribution in [-0.2, 0) is 0 Å². The molecule has 64 valence electrons. The molecule has 1 heteroatoms. The molecule has 0 atom stereocenters. The molecular weight excluding hydrogens is 134 g/mol. The summed E-state index contributed by atoms with van der Waals surface area (Å²) < 4.78 is 0. The van der Waals surface area contributed by atoms with Gasteiger partial charge in [0.15, 0.2) is 0 Å². The lowest BCUT2D eigenvalue weighted by molar-refractivity contribution is 0.346. The van der Waals surface area contributed by atoms with E-state index < -0.39 is 0 Å². The van der Waals surface area contributed by atoms with E-state index in [0.717, 1.165) is 0 Å². The monoisotopic (exact) mass is 153 g/mol. The largest absolute Gasteiger partial charge is 0.303 e. The van der Waals surface area contributed by atoms with Crippen molar-refractivity contribution in [1.29, 1.82) is 0 Å². The van der Waals surface area contributed by atoms with Gasteiger partial charge in [0.1, 0.15) is 0 Å². The molecule has 0 aromatic heterocycles. The SMILES string of the molecule is CC(C)=CCCN1CCCC1. The second-order valence-electron chi connectivity index (χ2n) is 3.62. The van der Waals surface area contributed by atoms with Crippen LogP contribution in [0.4, 0.5) is 0 Å². The zero-order valence-electron chi connectivity index (χ0n) is 7.77. The van der Waals surface area contributed by atoms with Crippen molar-refractivity contribution < 1.29 is 0 Å². The fourth-order valence-corrected chi connectivity index (χ4v) is 1.54. The van der Waals surface area contributed by atoms with Crippen LogP contribution in [0.2, 0.25) is 0 Å². The van der Waals surface area contributed by atoms with Gasteiger partial charge in [-0.15, -0.1) is 0 Å². The molecule has 11 heavy (non-hydrogen) atoms. The van der Waals surface area contributed by atoms with E-state index in [0.29, 0.717) is 0 Å². The zero-order valence-corrected chi connectivity index (χ0v) is 7.77. The molecule has 0 unspecified atom stereocenters. The van der Waals surface area contributed by atoms with Crippen molar-refractivity contribution in [2.45, 2.75) is 33.1 Å². The summed E-state index contributed by atoms with van der Waals surface area (Å²) in [6, 6.07) is 0. The molecule has 0 radical (unpaired) electrons. The van der Waals surface area contributed by atoms with Gasteiger partial charge in [0.25, 0.3) is 0 Å². The first-order chi connectivity index (χ1) is 5.29. The lowest BCUT2D eigenvalue weighted by Crippen LogP contribution is -2.19. The van der Waals surface area contributed by atoms with Gasteiger partial charge in [-0.1, -0.05) is 11.6 Å². The number of hydrogen-bond acceptors (Lipinski definition) is 1. The first-order valence-electron chi connectivity index (χ1n) is 4.65. The molecule has 0 bridgehead atoms. The van der Waals surface area contributed by atoms with Gasteiger partial charge in [0.2, 0.25) is 0 Å². The Kier molecular flexibility index (Phi) is 3.64. The van der Waals surface area contributed by atoms with E-state index in [1.165, 1.54) is 44.5 Å². The van der Waals surface area contributed by atoms with Crippen molar-refractivity contribution in [3.63, 3.8) is 0 Å². The van der Waals surface area contributed by atoms with E-state index in [4.69, 9.17) is 0 Å². The fraction of sp³-hybridized carbons (Fsp3) is 0.800. The van der Waals surface area contributed by atoms with Gasteiger partial charge in [-0.05, 0) is 46.2 Å². The van der Waals surface area contributed by atoms with Crippen LogP contribution in [-0.4, -0.2) is 24.5 Å². The Morgan fingerprint density at radius 1 is 1.27 bits per heavy atom. The number of hydrogen-bond donors (Lipinski definition) is 0. The van der Waals surface area contributed by atoms with Crippen LogP contribution >= 0.6 is 0 Å². The standard InChI is InChI=1S/C10H19N/c1-10(2)6-5-9-11-7-3-4-8-11/h6H,3-5,7-9H2,1-2H3. The highest BCUT2D eigenvalue weighted by atomic mass is 15.1. The van der Waals surface area contributed by atoms with Crippen LogP contribution in [0.15, 0.2) is 11.6 Å². The van der Waals surface area contributed by atoms with E-state index >= 15 is 0 Å². The summed E-state index contributed by atoms with van der Waals surface area (Å²) in [5.74, 6) is 0. The number of allylic oxidation sites excluding steroid dienone is 1. The highest BCUT2D eigenvalue weighted by molar-refractivity contribution is 4.93. The van der Waals surface area contributed by atoms with E-state index in [9.17, 15) is 0 Å². The van der Waals surface area contributed by atoms with Gasteiger partial charge in [0, 0.05) is 6.54 Å². The molecule has 0 aliphatic carbocycles. The van der Waals surface area contributed by atoms with E-state index in [-0.39, 0.29) is 0 Å². The van der Waals surface area contributed by atoms with Crippen LogP contribution in [0.3, 0.4) is 0 Å². The van der Waals surface area contributed by atoms with E-state index in [2.05, 4.69) is 24.8 Å². The van der Waals surface area contributed by atoms with Gasteiger partial charge in [-0.3, -0.25) is 0 Å². The average molecular weight is 153 g/mol. The van der Waals surface area contributed by atoms with Gasteiger partial charge < -0.3 is 4.90 Å². The molecular formula is C10H19N. The Hall–Kier alpha value is -0.300. The molecule has 1 aliphatic heterocycles. The maximum atomic E-state index is 2.56. The third kappa shape index (κ3) is 3.57. The van der Waals surface area contributed by atoms with E-state index in [1.54, 1.807) is 0 Å². The van der Waals surface area contributed by atoms with Crippen molar-refractivity contribution >= 4 is 0 Å². The molecule has 1 nitrogen and oxygen atoms in total. The molecule has 1 aliphatic rings. The molecule has 0 aromatic carbocycles. The van der Waals surface area contributed by atoms with Crippen LogP contribution in [0, 0.1) is 0 Å². The predicted octanol–water partition coefficient (Wildman–Crippen LogP) is 2.44. The molecule has 1 heterocycles. The smallest absolute Gasteiger partial charge is 0.00160 e. The Labute approximate surface area is 70.1 Å². The summed E-state index contributed by atoms with van der Waals surface area (Å²) in [5, 5.41) is 0. The Morgan fingerprint density at radius 3 is 2.45 bits per heavy atom. The Morgan fingerprint density at radius 2 is 1.91 bits per heavy atom. The number of nitrogens with zero attached hydrogens (tertiary/aromatic N) is 1. The second-order valence-corrected chi connectivity index (χ2v) is 3.62. The van der Waals surface area contributed by atoms with Crippen LogP contribution in [0.25, 0.3) is 0 Å². The summed E-state index contributed by atoms with van der Waals surface area (Å²) in [4.78, 5) is 2.56. The van der Waals surface area contributed by atoms with E-state index in [1.807, 2.05) is 0 Å². The van der Waals surface area contributed by atoms with Gasteiger partial charge in [0.05, 0.1) is 0 Å². The molecule has 0 saturated carbocycles. The van der Waals surface area contributed by atoms with Crippen LogP contribution in [0.1, 0.15) is 33.1 Å². The summed E-state index contributed by atoms with van der Waals surface area (Å²) >= 11 is 0. The second kappa shape index (κ2) is 4.55. The topological polar surface area (TPSA) is 3.24 Å². The summed E-state index contributed by atoms with van der Waals surface area (Å²) in [5.41, 5.74) is 1.45. The third-order valence-corrected chi connectivity index (χ3v) is 2.20. The minimum atomic E-state index is 1.24. The molecule has 0 amide bonds. The van der Waals surface area contributed by atoms with Crippen molar-refractivity contribution in [1.82, 2.24) is 4.90 Å². The summed E-state index contributed by atoms with van der Waals surface area (Å²) in [6.45, 7) is 8.27. The molecule has 0 spiro atoms. The minimum absolute atomic E-state index is 1.24. The molecule has 1 rings (SSSR count). The summed E-state index contributed by atoms with van der Waals surface area (Å²) in [7, 11) is 0. The highest BCUT2D eigenvalue weighted by Gasteiger charge is 2.09.